The fourth-order valence-corrected chi connectivity index (χ4v) is 4.27. The molecule has 0 fully saturated rings. The van der Waals surface area contributed by atoms with Crippen LogP contribution in [-0.4, -0.2) is 39.1 Å². The molecule has 1 N–H and O–H groups in total. The lowest BCUT2D eigenvalue weighted by Crippen LogP contribution is -2.34. The number of aryl methyl sites for hydroxylation is 2. The maximum absolute atomic E-state index is 11.5. The van der Waals surface area contributed by atoms with Crippen LogP contribution in [0.1, 0.15) is 28.2 Å². The first-order chi connectivity index (χ1) is 16.1. The van der Waals surface area contributed by atoms with Gasteiger partial charge < -0.3 is 9.08 Å². The number of benzene rings is 3. The molecule has 0 aliphatic carbocycles. The van der Waals surface area contributed by atoms with Crippen LogP contribution in [-0.2, 0) is 10.1 Å². The molecule has 9 heteroatoms. The van der Waals surface area contributed by atoms with Crippen molar-refractivity contribution in [1.82, 2.24) is 4.90 Å². The van der Waals surface area contributed by atoms with Gasteiger partial charge in [-0.1, -0.05) is 53.6 Å². The van der Waals surface area contributed by atoms with E-state index in [2.05, 4.69) is 16.2 Å². The summed E-state index contributed by atoms with van der Waals surface area (Å²) in [5.41, 5.74) is 12.8. The predicted molar refractivity (Wildman–Crippen MR) is 136 cm³/mol. The Labute approximate surface area is 205 Å². The molecule has 34 heavy (non-hydrogen) atoms. The van der Waals surface area contributed by atoms with E-state index in [4.69, 9.17) is 21.3 Å². The van der Waals surface area contributed by atoms with Crippen LogP contribution in [0.4, 0.5) is 5.69 Å². The van der Waals surface area contributed by atoms with Crippen LogP contribution in [0.15, 0.2) is 76.8 Å². The average Bonchev–Trinajstić information content (AvgIpc) is 2.77. The third-order valence-electron chi connectivity index (χ3n) is 5.29. The second-order valence-electron chi connectivity index (χ2n) is 8.13. The molecule has 2 atom stereocenters. The molecule has 178 valence electrons. The molecule has 0 radical (unpaired) electrons. The lowest BCUT2D eigenvalue weighted by Gasteiger charge is -2.30. The lowest BCUT2D eigenvalue weighted by atomic mass is 9.88. The van der Waals surface area contributed by atoms with E-state index < -0.39 is 16.3 Å². The summed E-state index contributed by atoms with van der Waals surface area (Å²) < 4.78 is 27.9. The standard InChI is InChI=1S/C25H27ClN4O3S/c1-17-5-14-23(18(2)15-17)28-16-30(3)25(29-27)24(19-6-10-21(26)11-7-19)20-8-12-22(13-9-20)33-34(4,31)32/h5-16,24-25,27H,1-4H3. The molecule has 0 aliphatic rings. The first-order valence-corrected chi connectivity index (χ1v) is 12.7. The van der Waals surface area contributed by atoms with Crippen molar-refractivity contribution >= 4 is 33.7 Å². The van der Waals surface area contributed by atoms with E-state index in [-0.39, 0.29) is 11.7 Å². The molecule has 3 aromatic carbocycles. The molecule has 0 saturated heterocycles. The van der Waals surface area contributed by atoms with E-state index in [1.54, 1.807) is 47.6 Å². The number of halogens is 1. The van der Waals surface area contributed by atoms with E-state index in [1.165, 1.54) is 0 Å². The van der Waals surface area contributed by atoms with Gasteiger partial charge in [-0.05, 0) is 60.9 Å². The Balaban J connectivity index is 1.97. The lowest BCUT2D eigenvalue weighted by molar-refractivity contribution is 0.335. The van der Waals surface area contributed by atoms with Crippen molar-refractivity contribution in [2.45, 2.75) is 25.9 Å². The second kappa shape index (κ2) is 10.8. The number of nitrogens with one attached hydrogen (secondary N) is 1. The van der Waals surface area contributed by atoms with Gasteiger partial charge in [0, 0.05) is 12.1 Å². The third kappa shape index (κ3) is 6.65. The summed E-state index contributed by atoms with van der Waals surface area (Å²) in [6.07, 6.45) is 2.05. The van der Waals surface area contributed by atoms with Gasteiger partial charge in [0.2, 0.25) is 0 Å². The SMILES string of the molecule is Cc1ccc(N=CN(C)C(N=N)C(c2ccc(Cl)cc2)c2ccc(OS(C)(=O)=O)cc2)c(C)c1. The van der Waals surface area contributed by atoms with Gasteiger partial charge in [0.05, 0.1) is 24.2 Å². The minimum atomic E-state index is -3.63. The van der Waals surface area contributed by atoms with E-state index >= 15 is 0 Å². The summed E-state index contributed by atoms with van der Waals surface area (Å²) in [5, 5.41) is 4.52. The number of aliphatic imine (C=N–C) groups is 1. The first-order valence-electron chi connectivity index (χ1n) is 10.5. The Hall–Kier alpha value is -3.23. The van der Waals surface area contributed by atoms with Crippen LogP contribution in [0.5, 0.6) is 5.75 Å². The Bertz CT molecular complexity index is 1280. The summed E-state index contributed by atoms with van der Waals surface area (Å²) >= 11 is 6.10. The molecule has 3 aromatic rings. The molecule has 0 spiro atoms. The molecule has 2 unspecified atom stereocenters. The van der Waals surface area contributed by atoms with Gasteiger partial charge in [-0.3, -0.25) is 0 Å². The van der Waals surface area contributed by atoms with Gasteiger partial charge in [0.15, 0.2) is 6.17 Å². The van der Waals surface area contributed by atoms with Gasteiger partial charge in [0.1, 0.15) is 5.75 Å². The van der Waals surface area contributed by atoms with Gasteiger partial charge in [-0.25, -0.2) is 10.5 Å². The highest BCUT2D eigenvalue weighted by molar-refractivity contribution is 7.86. The smallest absolute Gasteiger partial charge is 0.306 e. The molecular weight excluding hydrogens is 472 g/mol. The summed E-state index contributed by atoms with van der Waals surface area (Å²) in [4.78, 5) is 6.39. The molecule has 0 aliphatic heterocycles. The summed E-state index contributed by atoms with van der Waals surface area (Å²) in [7, 11) is -1.81. The van der Waals surface area contributed by atoms with Crippen LogP contribution in [0, 0.1) is 19.4 Å². The first kappa shape index (κ1) is 25.4. The van der Waals surface area contributed by atoms with Crippen molar-refractivity contribution in [3.05, 3.63) is 94.0 Å². The molecule has 0 aromatic heterocycles. The largest absolute Gasteiger partial charge is 0.383 e. The number of nitrogens with zero attached hydrogens (tertiary/aromatic N) is 3. The zero-order valence-corrected chi connectivity index (χ0v) is 21.0. The van der Waals surface area contributed by atoms with E-state index in [9.17, 15) is 8.42 Å². The van der Waals surface area contributed by atoms with Crippen molar-refractivity contribution in [3.8, 4) is 5.75 Å². The maximum atomic E-state index is 11.5. The van der Waals surface area contributed by atoms with E-state index in [0.717, 1.165) is 34.2 Å². The molecule has 0 heterocycles. The highest BCUT2D eigenvalue weighted by Crippen LogP contribution is 2.33. The van der Waals surface area contributed by atoms with Gasteiger partial charge in [0.25, 0.3) is 0 Å². The van der Waals surface area contributed by atoms with Crippen molar-refractivity contribution in [1.29, 1.82) is 5.53 Å². The Morgan fingerprint density at radius 2 is 1.59 bits per heavy atom. The fraction of sp³-hybridized carbons (Fsp3) is 0.240. The zero-order chi connectivity index (χ0) is 24.9. The molecule has 0 saturated carbocycles. The highest BCUT2D eigenvalue weighted by Gasteiger charge is 2.28. The molecule has 3 rings (SSSR count). The average molecular weight is 499 g/mol. The van der Waals surface area contributed by atoms with Gasteiger partial charge in [-0.15, -0.1) is 0 Å². The molecule has 7 nitrogen and oxygen atoms in total. The van der Waals surface area contributed by atoms with Crippen molar-refractivity contribution in [3.63, 3.8) is 0 Å². The van der Waals surface area contributed by atoms with Crippen LogP contribution in [0.3, 0.4) is 0 Å². The monoisotopic (exact) mass is 498 g/mol. The zero-order valence-electron chi connectivity index (χ0n) is 19.4. The van der Waals surface area contributed by atoms with Gasteiger partial charge >= 0.3 is 10.1 Å². The fourth-order valence-electron chi connectivity index (χ4n) is 3.68. The minimum Gasteiger partial charge on any atom is -0.383 e. The van der Waals surface area contributed by atoms with Crippen LogP contribution in [0.25, 0.3) is 0 Å². The highest BCUT2D eigenvalue weighted by atomic mass is 35.5. The molecule has 0 bridgehead atoms. The normalized spacial score (nSPS) is 13.4. The quantitative estimate of drug-likeness (QED) is 0.167. The summed E-state index contributed by atoms with van der Waals surface area (Å²) in [6.45, 7) is 4.03. The van der Waals surface area contributed by atoms with Gasteiger partial charge in [-0.2, -0.15) is 13.5 Å². The Kier molecular flexibility index (Phi) is 8.06. The summed E-state index contributed by atoms with van der Waals surface area (Å²) in [5.74, 6) is -0.136. The van der Waals surface area contributed by atoms with Crippen molar-refractivity contribution in [2.24, 2.45) is 10.1 Å². The number of hydrogen-bond acceptors (Lipinski definition) is 6. The van der Waals surface area contributed by atoms with E-state index in [0.29, 0.717) is 5.02 Å². The topological polar surface area (TPSA) is 95.2 Å². The molecule has 0 amide bonds. The van der Waals surface area contributed by atoms with E-state index in [1.807, 2.05) is 45.2 Å². The van der Waals surface area contributed by atoms with Crippen LogP contribution in [0.2, 0.25) is 5.02 Å². The number of rotatable bonds is 9. The van der Waals surface area contributed by atoms with Crippen molar-refractivity contribution in [2.75, 3.05) is 13.3 Å². The number of likely N-dealkylation sites (N-methyl/N-ethyl adjacent to an activating group) is 1. The van der Waals surface area contributed by atoms with Crippen molar-refractivity contribution < 1.29 is 12.6 Å². The number of hydrogen-bond donors (Lipinski definition) is 1. The minimum absolute atomic E-state index is 0.213. The third-order valence-corrected chi connectivity index (χ3v) is 6.04. The predicted octanol–water partition coefficient (Wildman–Crippen LogP) is 6.08. The molecular formula is C25H27ClN4O3S. The Morgan fingerprint density at radius 3 is 2.12 bits per heavy atom. The second-order valence-corrected chi connectivity index (χ2v) is 10.1. The maximum Gasteiger partial charge on any atom is 0.306 e. The van der Waals surface area contributed by atoms with Crippen LogP contribution >= 0.6 is 11.6 Å². The Morgan fingerprint density at radius 1 is 1.00 bits per heavy atom. The summed E-state index contributed by atoms with van der Waals surface area (Å²) in [6, 6.07) is 20.1. The van der Waals surface area contributed by atoms with Crippen LogP contribution < -0.4 is 4.18 Å².